The van der Waals surface area contributed by atoms with Crippen LogP contribution < -0.4 is 15.4 Å². The number of benzene rings is 1. The first-order valence-corrected chi connectivity index (χ1v) is 9.68. The van der Waals surface area contributed by atoms with E-state index in [0.717, 1.165) is 43.9 Å². The topological polar surface area (TPSA) is 75.2 Å². The number of hydrogen-bond donors (Lipinski definition) is 2. The Bertz CT molecular complexity index is 596. The Hall–Kier alpha value is -2.44. The van der Waals surface area contributed by atoms with Crippen molar-refractivity contribution in [2.45, 2.75) is 38.6 Å². The summed E-state index contributed by atoms with van der Waals surface area (Å²) in [4.78, 5) is 17.8. The molecule has 7 nitrogen and oxygen atoms in total. The molecule has 2 N–H and O–H groups in total. The van der Waals surface area contributed by atoms with Crippen LogP contribution in [0, 0.1) is 0 Å². The minimum atomic E-state index is -0.211. The number of hydrogen-bond acceptors (Lipinski definition) is 4. The van der Waals surface area contributed by atoms with Gasteiger partial charge < -0.3 is 25.0 Å². The molecule has 0 bridgehead atoms. The van der Waals surface area contributed by atoms with Gasteiger partial charge in [-0.2, -0.15) is 0 Å². The highest BCUT2D eigenvalue weighted by Crippen LogP contribution is 2.13. The summed E-state index contributed by atoms with van der Waals surface area (Å²) in [5.74, 6) is 1.70. The first-order chi connectivity index (χ1) is 13.2. The number of nitrogens with one attached hydrogen (secondary N) is 2. The highest BCUT2D eigenvalue weighted by Gasteiger charge is 2.23. The van der Waals surface area contributed by atoms with E-state index < -0.39 is 0 Å². The maximum Gasteiger partial charge on any atom is 0.409 e. The van der Waals surface area contributed by atoms with Crippen molar-refractivity contribution in [1.29, 1.82) is 0 Å². The fraction of sp³-hybridized carbons (Fsp3) is 0.600. The Morgan fingerprint density at radius 2 is 1.96 bits per heavy atom. The maximum absolute atomic E-state index is 11.8. The van der Waals surface area contributed by atoms with Gasteiger partial charge in [0, 0.05) is 32.7 Å². The molecule has 1 aliphatic rings. The highest BCUT2D eigenvalue weighted by atomic mass is 16.6. The molecule has 7 heteroatoms. The van der Waals surface area contributed by atoms with Crippen LogP contribution >= 0.6 is 0 Å². The Kier molecular flexibility index (Phi) is 8.74. The molecule has 0 aromatic heterocycles. The van der Waals surface area contributed by atoms with Gasteiger partial charge in [-0.3, -0.25) is 4.99 Å². The van der Waals surface area contributed by atoms with Gasteiger partial charge in [0.05, 0.1) is 13.7 Å². The molecule has 1 amide bonds. The average Bonchev–Trinajstić information content (AvgIpc) is 2.71. The largest absolute Gasteiger partial charge is 0.497 e. The molecule has 0 saturated carbocycles. The molecule has 1 heterocycles. The molecule has 1 aromatic carbocycles. The lowest BCUT2D eigenvalue weighted by atomic mass is 10.1. The van der Waals surface area contributed by atoms with Gasteiger partial charge in [0.25, 0.3) is 0 Å². The van der Waals surface area contributed by atoms with Gasteiger partial charge in [-0.15, -0.1) is 0 Å². The molecule has 0 aliphatic carbocycles. The number of carbonyl (C=O) groups is 1. The molecule has 1 aromatic rings. The maximum atomic E-state index is 11.8. The Morgan fingerprint density at radius 1 is 1.26 bits per heavy atom. The number of aliphatic imine (C=N–C) groups is 1. The summed E-state index contributed by atoms with van der Waals surface area (Å²) in [6.07, 6.45) is 3.61. The van der Waals surface area contributed by atoms with Crippen LogP contribution in [0.3, 0.4) is 0 Å². The fourth-order valence-electron chi connectivity index (χ4n) is 3.10. The second kappa shape index (κ2) is 11.3. The summed E-state index contributed by atoms with van der Waals surface area (Å²) < 4.78 is 10.2. The van der Waals surface area contributed by atoms with Crippen LogP contribution in [0.1, 0.15) is 31.7 Å². The molecule has 0 unspecified atom stereocenters. The normalized spacial score (nSPS) is 15.4. The molecule has 150 valence electrons. The van der Waals surface area contributed by atoms with Gasteiger partial charge in [0.2, 0.25) is 0 Å². The standard InChI is InChI=1S/C20H32N4O3/c1-4-27-20(25)24-14-11-17(12-15-24)23-19(21-2)22-13-5-6-16-7-9-18(26-3)10-8-16/h7-10,17H,4-6,11-15H2,1-3H3,(H2,21,22,23). The quantitative estimate of drug-likeness (QED) is 0.434. The Balaban J connectivity index is 1.65. The van der Waals surface area contributed by atoms with E-state index in [0.29, 0.717) is 25.7 Å². The zero-order valence-corrected chi connectivity index (χ0v) is 16.7. The third-order valence-electron chi connectivity index (χ3n) is 4.68. The number of ether oxygens (including phenoxy) is 2. The highest BCUT2D eigenvalue weighted by molar-refractivity contribution is 5.80. The molecule has 1 saturated heterocycles. The number of guanidine groups is 1. The predicted molar refractivity (Wildman–Crippen MR) is 107 cm³/mol. The summed E-state index contributed by atoms with van der Waals surface area (Å²) in [6, 6.07) is 8.51. The predicted octanol–water partition coefficient (Wildman–Crippen LogP) is 2.41. The average molecular weight is 377 g/mol. The summed E-state index contributed by atoms with van der Waals surface area (Å²) in [7, 11) is 3.46. The molecule has 1 fully saturated rings. The monoisotopic (exact) mass is 376 g/mol. The number of amides is 1. The molecule has 2 rings (SSSR count). The second-order valence-electron chi connectivity index (χ2n) is 6.56. The van der Waals surface area contributed by atoms with E-state index in [-0.39, 0.29) is 6.09 Å². The minimum Gasteiger partial charge on any atom is -0.497 e. The van der Waals surface area contributed by atoms with Crippen molar-refractivity contribution in [3.63, 3.8) is 0 Å². The minimum absolute atomic E-state index is 0.211. The zero-order valence-electron chi connectivity index (χ0n) is 16.7. The van der Waals surface area contributed by atoms with Crippen molar-refractivity contribution in [2.75, 3.05) is 40.4 Å². The molecule has 0 radical (unpaired) electrons. The number of piperidine rings is 1. The van der Waals surface area contributed by atoms with E-state index in [1.54, 1.807) is 19.1 Å². The van der Waals surface area contributed by atoms with Gasteiger partial charge in [-0.1, -0.05) is 12.1 Å². The summed E-state index contributed by atoms with van der Waals surface area (Å²) >= 11 is 0. The first kappa shape index (κ1) is 20.9. The van der Waals surface area contributed by atoms with Gasteiger partial charge in [-0.25, -0.2) is 4.79 Å². The van der Waals surface area contributed by atoms with Gasteiger partial charge in [0.1, 0.15) is 5.75 Å². The summed E-state index contributed by atoms with van der Waals surface area (Å²) in [6.45, 7) is 4.53. The second-order valence-corrected chi connectivity index (χ2v) is 6.56. The van der Waals surface area contributed by atoms with E-state index in [2.05, 4.69) is 27.8 Å². The van der Waals surface area contributed by atoms with Crippen LogP contribution in [-0.2, 0) is 11.2 Å². The number of carbonyl (C=O) groups excluding carboxylic acids is 1. The summed E-state index contributed by atoms with van der Waals surface area (Å²) in [5.41, 5.74) is 1.30. The third-order valence-corrected chi connectivity index (χ3v) is 4.68. The van der Waals surface area contributed by atoms with Crippen molar-refractivity contribution in [1.82, 2.24) is 15.5 Å². The van der Waals surface area contributed by atoms with Crippen molar-refractivity contribution in [3.8, 4) is 5.75 Å². The Labute approximate surface area is 162 Å². The lowest BCUT2D eigenvalue weighted by molar-refractivity contribution is 0.0963. The van der Waals surface area contributed by atoms with Crippen LogP contribution in [-0.4, -0.2) is 63.4 Å². The van der Waals surface area contributed by atoms with Crippen molar-refractivity contribution in [3.05, 3.63) is 29.8 Å². The molecular weight excluding hydrogens is 344 g/mol. The number of methoxy groups -OCH3 is 1. The number of aryl methyl sites for hydroxylation is 1. The number of rotatable bonds is 7. The zero-order chi connectivity index (χ0) is 19.5. The van der Waals surface area contributed by atoms with Crippen LogP contribution in [0.4, 0.5) is 4.79 Å². The van der Waals surface area contributed by atoms with E-state index in [1.807, 2.05) is 19.1 Å². The van der Waals surface area contributed by atoms with Crippen molar-refractivity contribution < 1.29 is 14.3 Å². The fourth-order valence-corrected chi connectivity index (χ4v) is 3.10. The van der Waals surface area contributed by atoms with E-state index >= 15 is 0 Å². The van der Waals surface area contributed by atoms with Crippen LogP contribution in [0.2, 0.25) is 0 Å². The molecule has 27 heavy (non-hydrogen) atoms. The Morgan fingerprint density at radius 3 is 2.56 bits per heavy atom. The van der Waals surface area contributed by atoms with E-state index in [1.165, 1.54) is 5.56 Å². The molecule has 0 spiro atoms. The lowest BCUT2D eigenvalue weighted by Gasteiger charge is -2.32. The smallest absolute Gasteiger partial charge is 0.409 e. The lowest BCUT2D eigenvalue weighted by Crippen LogP contribution is -2.50. The molecular formula is C20H32N4O3. The number of nitrogens with zero attached hydrogens (tertiary/aromatic N) is 2. The van der Waals surface area contributed by atoms with E-state index in [4.69, 9.17) is 9.47 Å². The number of likely N-dealkylation sites (tertiary alicyclic amines) is 1. The van der Waals surface area contributed by atoms with Crippen LogP contribution in [0.15, 0.2) is 29.3 Å². The SMILES string of the molecule is CCOC(=O)N1CCC(NC(=NC)NCCCc2ccc(OC)cc2)CC1. The van der Waals surface area contributed by atoms with Crippen LogP contribution in [0.25, 0.3) is 0 Å². The van der Waals surface area contributed by atoms with Gasteiger partial charge >= 0.3 is 6.09 Å². The first-order valence-electron chi connectivity index (χ1n) is 9.68. The van der Waals surface area contributed by atoms with E-state index in [9.17, 15) is 4.79 Å². The van der Waals surface area contributed by atoms with Crippen molar-refractivity contribution >= 4 is 12.1 Å². The molecule has 0 atom stereocenters. The van der Waals surface area contributed by atoms with Gasteiger partial charge in [0.15, 0.2) is 5.96 Å². The van der Waals surface area contributed by atoms with Crippen LogP contribution in [0.5, 0.6) is 5.75 Å². The summed E-state index contributed by atoms with van der Waals surface area (Å²) in [5, 5.41) is 6.83. The molecule has 1 aliphatic heterocycles. The third kappa shape index (κ3) is 7.00. The van der Waals surface area contributed by atoms with Gasteiger partial charge in [-0.05, 0) is 50.3 Å². The van der Waals surface area contributed by atoms with Crippen molar-refractivity contribution in [2.24, 2.45) is 4.99 Å².